The van der Waals surface area contributed by atoms with Crippen molar-refractivity contribution in [3.8, 4) is 29.6 Å². The number of amides is 1. The Morgan fingerprint density at radius 1 is 1.11 bits per heavy atom. The summed E-state index contributed by atoms with van der Waals surface area (Å²) in [6.07, 6.45) is 6.71. The van der Waals surface area contributed by atoms with E-state index in [2.05, 4.69) is 32.4 Å². The average Bonchev–Trinajstić information content (AvgIpc) is 2.69. The van der Waals surface area contributed by atoms with Gasteiger partial charge in [0, 0.05) is 5.56 Å². The lowest BCUT2D eigenvalue weighted by atomic mass is 10.2. The molecule has 28 heavy (non-hydrogen) atoms. The van der Waals surface area contributed by atoms with Crippen LogP contribution in [0.4, 0.5) is 0 Å². The number of hydrazone groups is 1. The van der Waals surface area contributed by atoms with Gasteiger partial charge in [-0.3, -0.25) is 4.79 Å². The van der Waals surface area contributed by atoms with Crippen LogP contribution in [0.1, 0.15) is 29.8 Å². The summed E-state index contributed by atoms with van der Waals surface area (Å²) in [6.45, 7) is 4.93. The highest BCUT2D eigenvalue weighted by Crippen LogP contribution is 2.28. The fourth-order valence-electron chi connectivity index (χ4n) is 2.26. The summed E-state index contributed by atoms with van der Waals surface area (Å²) in [5.41, 5.74) is 3.70. The van der Waals surface area contributed by atoms with Crippen LogP contribution in [0.2, 0.25) is 0 Å². The number of nitrogens with one attached hydrogen (secondary N) is 1. The summed E-state index contributed by atoms with van der Waals surface area (Å²) in [6, 6.07) is 10.4. The van der Waals surface area contributed by atoms with Crippen LogP contribution in [-0.2, 0) is 0 Å². The molecule has 0 saturated heterocycles. The molecule has 0 heterocycles. The van der Waals surface area contributed by atoms with Gasteiger partial charge in [0.05, 0.1) is 23.9 Å². The van der Waals surface area contributed by atoms with E-state index in [0.29, 0.717) is 36.0 Å². The molecule has 0 fully saturated rings. The lowest BCUT2D eigenvalue weighted by molar-refractivity contribution is 0.0954. The van der Waals surface area contributed by atoms with Crippen molar-refractivity contribution in [2.24, 2.45) is 5.10 Å². The Hall–Kier alpha value is -2.98. The normalized spacial score (nSPS) is 10.4. The SMILES string of the molecule is C#CCOc1ccc(/C=N/NC(=O)c2ccc(OCC)c(OCC)c2)cc1Br. The summed E-state index contributed by atoms with van der Waals surface area (Å²) in [4.78, 5) is 12.3. The maximum atomic E-state index is 12.3. The number of benzene rings is 2. The van der Waals surface area contributed by atoms with Crippen LogP contribution in [0.25, 0.3) is 0 Å². The Balaban J connectivity index is 2.04. The molecule has 1 amide bonds. The highest BCUT2D eigenvalue weighted by molar-refractivity contribution is 9.10. The number of hydrogen-bond donors (Lipinski definition) is 1. The molecule has 0 radical (unpaired) electrons. The highest BCUT2D eigenvalue weighted by atomic mass is 79.9. The Bertz CT molecular complexity index is 890. The van der Waals surface area contributed by atoms with E-state index in [-0.39, 0.29) is 12.5 Å². The number of hydrogen-bond acceptors (Lipinski definition) is 5. The van der Waals surface area contributed by atoms with E-state index in [1.165, 1.54) is 6.21 Å². The molecule has 0 bridgehead atoms. The maximum Gasteiger partial charge on any atom is 0.271 e. The van der Waals surface area contributed by atoms with Crippen molar-refractivity contribution < 1.29 is 19.0 Å². The summed E-state index contributed by atoms with van der Waals surface area (Å²) < 4.78 is 17.2. The first-order valence-corrected chi connectivity index (χ1v) is 9.47. The van der Waals surface area contributed by atoms with E-state index in [9.17, 15) is 4.79 Å². The fraction of sp³-hybridized carbons (Fsp3) is 0.238. The van der Waals surface area contributed by atoms with E-state index in [0.717, 1.165) is 10.0 Å². The molecule has 7 heteroatoms. The van der Waals surface area contributed by atoms with Gasteiger partial charge in [0.2, 0.25) is 0 Å². The molecule has 2 aromatic carbocycles. The lowest BCUT2D eigenvalue weighted by Crippen LogP contribution is -2.17. The topological polar surface area (TPSA) is 69.2 Å². The summed E-state index contributed by atoms with van der Waals surface area (Å²) in [7, 11) is 0. The van der Waals surface area contributed by atoms with Gasteiger partial charge >= 0.3 is 0 Å². The minimum Gasteiger partial charge on any atom is -0.490 e. The van der Waals surface area contributed by atoms with Crippen LogP contribution in [0.15, 0.2) is 46.0 Å². The molecule has 2 rings (SSSR count). The summed E-state index contributed by atoms with van der Waals surface area (Å²) in [5.74, 6) is 3.81. The van der Waals surface area contributed by atoms with Crippen molar-refractivity contribution in [2.75, 3.05) is 19.8 Å². The van der Waals surface area contributed by atoms with Crippen LogP contribution < -0.4 is 19.6 Å². The summed E-state index contributed by atoms with van der Waals surface area (Å²) in [5, 5.41) is 3.99. The van der Waals surface area contributed by atoms with Crippen molar-refractivity contribution in [3.63, 3.8) is 0 Å². The molecule has 146 valence electrons. The van der Waals surface area contributed by atoms with Crippen LogP contribution in [-0.4, -0.2) is 31.9 Å². The first-order valence-electron chi connectivity index (χ1n) is 8.67. The number of carbonyl (C=O) groups is 1. The zero-order valence-electron chi connectivity index (χ0n) is 15.7. The van der Waals surface area contributed by atoms with Gasteiger partial charge in [-0.15, -0.1) is 6.42 Å². The second-order valence-electron chi connectivity index (χ2n) is 5.41. The van der Waals surface area contributed by atoms with Gasteiger partial charge in [0.25, 0.3) is 5.91 Å². The van der Waals surface area contributed by atoms with Gasteiger partial charge in [-0.25, -0.2) is 5.43 Å². The predicted molar refractivity (Wildman–Crippen MR) is 112 cm³/mol. The molecular formula is C21H21BrN2O4. The number of nitrogens with zero attached hydrogens (tertiary/aromatic N) is 1. The second kappa shape index (κ2) is 11.0. The van der Waals surface area contributed by atoms with Crippen LogP contribution >= 0.6 is 15.9 Å². The minimum absolute atomic E-state index is 0.188. The van der Waals surface area contributed by atoms with Gasteiger partial charge in [0.1, 0.15) is 12.4 Å². The van der Waals surface area contributed by atoms with E-state index in [1.807, 2.05) is 19.9 Å². The third kappa shape index (κ3) is 6.03. The fourth-order valence-corrected chi connectivity index (χ4v) is 2.77. The van der Waals surface area contributed by atoms with Crippen molar-refractivity contribution in [1.82, 2.24) is 5.43 Å². The molecule has 0 aromatic heterocycles. The number of halogens is 1. The van der Waals surface area contributed by atoms with Crippen molar-refractivity contribution >= 4 is 28.1 Å². The molecule has 2 aromatic rings. The van der Waals surface area contributed by atoms with Crippen LogP contribution in [0, 0.1) is 12.3 Å². The highest BCUT2D eigenvalue weighted by Gasteiger charge is 2.11. The largest absolute Gasteiger partial charge is 0.490 e. The van der Waals surface area contributed by atoms with Crippen LogP contribution in [0.3, 0.4) is 0 Å². The molecule has 0 unspecified atom stereocenters. The van der Waals surface area contributed by atoms with Crippen molar-refractivity contribution in [3.05, 3.63) is 52.0 Å². The minimum atomic E-state index is -0.353. The molecule has 1 N–H and O–H groups in total. The van der Waals surface area contributed by atoms with Crippen LogP contribution in [0.5, 0.6) is 17.2 Å². The molecule has 6 nitrogen and oxygen atoms in total. The van der Waals surface area contributed by atoms with E-state index >= 15 is 0 Å². The van der Waals surface area contributed by atoms with Gasteiger partial charge < -0.3 is 14.2 Å². The van der Waals surface area contributed by atoms with Gasteiger partial charge in [0.15, 0.2) is 11.5 Å². The molecule has 0 spiro atoms. The van der Waals surface area contributed by atoms with E-state index in [1.54, 1.807) is 30.3 Å². The Kier molecular flexibility index (Phi) is 8.37. The number of ether oxygens (including phenoxy) is 3. The summed E-state index contributed by atoms with van der Waals surface area (Å²) >= 11 is 3.41. The van der Waals surface area contributed by atoms with E-state index < -0.39 is 0 Å². The smallest absolute Gasteiger partial charge is 0.271 e. The number of carbonyl (C=O) groups excluding carboxylic acids is 1. The van der Waals surface area contributed by atoms with Gasteiger partial charge in [-0.2, -0.15) is 5.10 Å². The number of terminal acetylenes is 1. The predicted octanol–water partition coefficient (Wildman–Crippen LogP) is 4.02. The second-order valence-corrected chi connectivity index (χ2v) is 6.26. The first kappa shape index (κ1) is 21.3. The molecule has 0 aliphatic heterocycles. The standard InChI is InChI=1S/C21H21BrN2O4/c1-4-11-28-18-9-7-15(12-17(18)22)14-23-24-21(25)16-8-10-19(26-5-2)20(13-16)27-6-3/h1,7-10,12-14H,5-6,11H2,2-3H3,(H,24,25)/b23-14+. The Labute approximate surface area is 173 Å². The third-order valence-corrected chi connectivity index (χ3v) is 4.07. The van der Waals surface area contributed by atoms with Crippen molar-refractivity contribution in [2.45, 2.75) is 13.8 Å². The quantitative estimate of drug-likeness (QED) is 0.360. The zero-order valence-corrected chi connectivity index (χ0v) is 17.3. The zero-order chi connectivity index (χ0) is 20.4. The molecular weight excluding hydrogens is 424 g/mol. The number of rotatable bonds is 9. The third-order valence-electron chi connectivity index (χ3n) is 3.45. The first-order chi connectivity index (χ1) is 13.6. The monoisotopic (exact) mass is 444 g/mol. The molecule has 0 saturated carbocycles. The maximum absolute atomic E-state index is 12.3. The van der Waals surface area contributed by atoms with Gasteiger partial charge in [-0.05, 0) is 71.7 Å². The van der Waals surface area contributed by atoms with Crippen molar-refractivity contribution in [1.29, 1.82) is 0 Å². The Morgan fingerprint density at radius 3 is 2.50 bits per heavy atom. The van der Waals surface area contributed by atoms with Gasteiger partial charge in [-0.1, -0.05) is 5.92 Å². The molecule has 0 aliphatic carbocycles. The molecule has 0 atom stereocenters. The van der Waals surface area contributed by atoms with E-state index in [4.69, 9.17) is 20.6 Å². The lowest BCUT2D eigenvalue weighted by Gasteiger charge is -2.11. The Morgan fingerprint density at radius 2 is 1.82 bits per heavy atom. The molecule has 0 aliphatic rings. The average molecular weight is 445 g/mol.